The summed E-state index contributed by atoms with van der Waals surface area (Å²) in [6.45, 7) is 2.04. The van der Waals surface area contributed by atoms with Gasteiger partial charge in [0.1, 0.15) is 12.1 Å². The molecular formula is C16H23N5O2. The van der Waals surface area contributed by atoms with E-state index < -0.39 is 0 Å². The highest BCUT2D eigenvalue weighted by atomic mass is 16.2. The smallest absolute Gasteiger partial charge is 0.227 e. The molecule has 1 aromatic rings. The average molecular weight is 317 g/mol. The van der Waals surface area contributed by atoms with Gasteiger partial charge in [-0.1, -0.05) is 0 Å². The number of carbonyl (C=O) groups is 2. The van der Waals surface area contributed by atoms with E-state index in [0.717, 1.165) is 31.7 Å². The molecule has 0 aliphatic carbocycles. The fraction of sp³-hybridized carbons (Fsp3) is 0.625. The molecule has 2 fully saturated rings. The number of hydrogen-bond donors (Lipinski definition) is 0. The Hall–Kier alpha value is -2.18. The molecule has 7 nitrogen and oxygen atoms in total. The van der Waals surface area contributed by atoms with E-state index in [4.69, 9.17) is 0 Å². The highest BCUT2D eigenvalue weighted by Gasteiger charge is 2.36. The second kappa shape index (κ2) is 6.52. The number of nitrogens with zero attached hydrogens (tertiary/aromatic N) is 5. The maximum absolute atomic E-state index is 12.6. The molecule has 1 aromatic heterocycles. The van der Waals surface area contributed by atoms with E-state index in [0.29, 0.717) is 19.0 Å². The van der Waals surface area contributed by atoms with Crippen molar-refractivity contribution in [2.45, 2.75) is 25.3 Å². The first-order valence-corrected chi connectivity index (χ1v) is 8.08. The molecule has 2 aliphatic heterocycles. The van der Waals surface area contributed by atoms with Crippen LogP contribution in [0.5, 0.6) is 0 Å². The molecule has 3 heterocycles. The monoisotopic (exact) mass is 317 g/mol. The largest absolute Gasteiger partial charge is 0.356 e. The normalized spacial score (nSPS) is 22.5. The Labute approximate surface area is 136 Å². The van der Waals surface area contributed by atoms with Crippen LogP contribution in [0, 0.1) is 5.92 Å². The molecule has 124 valence electrons. The maximum atomic E-state index is 12.6. The molecular weight excluding hydrogens is 294 g/mol. The van der Waals surface area contributed by atoms with E-state index in [1.807, 2.05) is 18.0 Å². The van der Waals surface area contributed by atoms with Gasteiger partial charge >= 0.3 is 0 Å². The molecule has 2 aliphatic rings. The Kier molecular flexibility index (Phi) is 4.45. The Morgan fingerprint density at radius 2 is 2.09 bits per heavy atom. The summed E-state index contributed by atoms with van der Waals surface area (Å²) in [6.07, 6.45) is 5.49. The minimum atomic E-state index is -0.163. The first kappa shape index (κ1) is 15.7. The summed E-state index contributed by atoms with van der Waals surface area (Å²) < 4.78 is 0. The molecule has 0 bridgehead atoms. The lowest BCUT2D eigenvalue weighted by atomic mass is 10.0. The van der Waals surface area contributed by atoms with Gasteiger partial charge in [-0.2, -0.15) is 0 Å². The van der Waals surface area contributed by atoms with Gasteiger partial charge in [0, 0.05) is 52.4 Å². The summed E-state index contributed by atoms with van der Waals surface area (Å²) in [4.78, 5) is 38.1. The van der Waals surface area contributed by atoms with Crippen LogP contribution in [-0.2, 0) is 9.59 Å². The summed E-state index contributed by atoms with van der Waals surface area (Å²) in [6, 6.07) is 2.28. The molecule has 7 heteroatoms. The van der Waals surface area contributed by atoms with Crippen molar-refractivity contribution in [1.29, 1.82) is 0 Å². The summed E-state index contributed by atoms with van der Waals surface area (Å²) >= 11 is 0. The van der Waals surface area contributed by atoms with Crippen molar-refractivity contribution in [1.82, 2.24) is 19.8 Å². The second-order valence-corrected chi connectivity index (χ2v) is 6.41. The van der Waals surface area contributed by atoms with Crippen molar-refractivity contribution in [2.24, 2.45) is 5.92 Å². The number of rotatable bonds is 3. The summed E-state index contributed by atoms with van der Waals surface area (Å²) in [7, 11) is 3.80. The zero-order chi connectivity index (χ0) is 16.4. The van der Waals surface area contributed by atoms with Gasteiger partial charge in [-0.25, -0.2) is 9.97 Å². The molecule has 1 unspecified atom stereocenters. The van der Waals surface area contributed by atoms with Crippen molar-refractivity contribution in [3.8, 4) is 0 Å². The van der Waals surface area contributed by atoms with Gasteiger partial charge in [0.05, 0.1) is 5.92 Å². The van der Waals surface area contributed by atoms with E-state index >= 15 is 0 Å². The fourth-order valence-corrected chi connectivity index (χ4v) is 3.44. The van der Waals surface area contributed by atoms with Crippen LogP contribution in [0.15, 0.2) is 18.6 Å². The Morgan fingerprint density at radius 1 is 1.35 bits per heavy atom. The number of carbonyl (C=O) groups excluding carboxylic acids is 2. The van der Waals surface area contributed by atoms with Gasteiger partial charge in [-0.05, 0) is 18.9 Å². The van der Waals surface area contributed by atoms with Gasteiger partial charge < -0.3 is 14.7 Å². The van der Waals surface area contributed by atoms with Crippen LogP contribution >= 0.6 is 0 Å². The molecule has 0 radical (unpaired) electrons. The van der Waals surface area contributed by atoms with Crippen molar-refractivity contribution >= 4 is 17.6 Å². The Balaban J connectivity index is 1.54. The van der Waals surface area contributed by atoms with Gasteiger partial charge in [0.15, 0.2) is 0 Å². The van der Waals surface area contributed by atoms with E-state index in [-0.39, 0.29) is 17.7 Å². The number of piperidine rings is 1. The number of hydrogen-bond acceptors (Lipinski definition) is 5. The molecule has 2 saturated heterocycles. The third-order valence-electron chi connectivity index (χ3n) is 4.94. The van der Waals surface area contributed by atoms with Crippen molar-refractivity contribution < 1.29 is 9.59 Å². The molecule has 1 atom stereocenters. The van der Waals surface area contributed by atoms with Gasteiger partial charge in [0.2, 0.25) is 11.8 Å². The summed E-state index contributed by atoms with van der Waals surface area (Å²) in [5.74, 6) is 0.948. The van der Waals surface area contributed by atoms with E-state index in [1.54, 1.807) is 24.5 Å². The SMILES string of the molecule is CN1CC(C(=O)N2CCC(N(C)c3ccncn3)CC2)CC1=O. The molecule has 23 heavy (non-hydrogen) atoms. The van der Waals surface area contributed by atoms with Crippen LogP contribution in [0.2, 0.25) is 0 Å². The zero-order valence-corrected chi connectivity index (χ0v) is 13.7. The van der Waals surface area contributed by atoms with Gasteiger partial charge in [-0.3, -0.25) is 9.59 Å². The lowest BCUT2D eigenvalue weighted by Gasteiger charge is -2.38. The quantitative estimate of drug-likeness (QED) is 0.806. The molecule has 0 aromatic carbocycles. The van der Waals surface area contributed by atoms with Crippen molar-refractivity contribution in [2.75, 3.05) is 38.6 Å². The highest BCUT2D eigenvalue weighted by molar-refractivity contribution is 5.89. The highest BCUT2D eigenvalue weighted by Crippen LogP contribution is 2.24. The van der Waals surface area contributed by atoms with Crippen LogP contribution in [0.4, 0.5) is 5.82 Å². The van der Waals surface area contributed by atoms with E-state index in [9.17, 15) is 9.59 Å². The molecule has 2 amide bonds. The average Bonchev–Trinajstić information content (AvgIpc) is 2.93. The number of anilines is 1. The van der Waals surface area contributed by atoms with Gasteiger partial charge in [0.25, 0.3) is 0 Å². The summed E-state index contributed by atoms with van der Waals surface area (Å²) in [5, 5.41) is 0. The van der Waals surface area contributed by atoms with Crippen LogP contribution in [0.1, 0.15) is 19.3 Å². The number of likely N-dealkylation sites (tertiary alicyclic amines) is 2. The summed E-state index contributed by atoms with van der Waals surface area (Å²) in [5.41, 5.74) is 0. The Morgan fingerprint density at radius 3 is 2.65 bits per heavy atom. The standard InChI is InChI=1S/C16H23N5O2/c1-19-10-12(9-15(19)22)16(23)21-7-4-13(5-8-21)20(2)14-3-6-17-11-18-14/h3,6,11-13H,4-5,7-10H2,1-2H3. The van der Waals surface area contributed by atoms with E-state index in [2.05, 4.69) is 14.9 Å². The molecule has 0 spiro atoms. The predicted molar refractivity (Wildman–Crippen MR) is 85.8 cm³/mol. The first-order valence-electron chi connectivity index (χ1n) is 8.08. The number of aromatic nitrogens is 2. The third-order valence-corrected chi connectivity index (χ3v) is 4.94. The topological polar surface area (TPSA) is 69.6 Å². The first-order chi connectivity index (χ1) is 11.1. The minimum absolute atomic E-state index is 0.0710. The molecule has 3 rings (SSSR count). The second-order valence-electron chi connectivity index (χ2n) is 6.41. The van der Waals surface area contributed by atoms with Crippen LogP contribution in [-0.4, -0.2) is 71.4 Å². The van der Waals surface area contributed by atoms with Crippen LogP contribution in [0.25, 0.3) is 0 Å². The maximum Gasteiger partial charge on any atom is 0.227 e. The molecule has 0 saturated carbocycles. The fourth-order valence-electron chi connectivity index (χ4n) is 3.44. The zero-order valence-electron chi connectivity index (χ0n) is 13.7. The van der Waals surface area contributed by atoms with Crippen molar-refractivity contribution in [3.05, 3.63) is 18.6 Å². The lowest BCUT2D eigenvalue weighted by molar-refractivity contribution is -0.136. The van der Waals surface area contributed by atoms with Crippen LogP contribution in [0.3, 0.4) is 0 Å². The van der Waals surface area contributed by atoms with Crippen molar-refractivity contribution in [3.63, 3.8) is 0 Å². The van der Waals surface area contributed by atoms with Crippen LogP contribution < -0.4 is 4.90 Å². The lowest BCUT2D eigenvalue weighted by Crippen LogP contribution is -2.47. The molecule has 0 N–H and O–H groups in total. The number of amides is 2. The predicted octanol–water partition coefficient (Wildman–Crippen LogP) is 0.382. The minimum Gasteiger partial charge on any atom is -0.356 e. The van der Waals surface area contributed by atoms with E-state index in [1.165, 1.54) is 0 Å². The van der Waals surface area contributed by atoms with Gasteiger partial charge in [-0.15, -0.1) is 0 Å². The Bertz CT molecular complexity index is 571. The third kappa shape index (κ3) is 3.28.